The van der Waals surface area contributed by atoms with Crippen molar-refractivity contribution in [3.8, 4) is 0 Å². The van der Waals surface area contributed by atoms with E-state index in [2.05, 4.69) is 14.7 Å². The van der Waals surface area contributed by atoms with Crippen molar-refractivity contribution >= 4 is 52.3 Å². The minimum absolute atomic E-state index is 0.0237. The summed E-state index contributed by atoms with van der Waals surface area (Å²) in [5, 5.41) is 0.636. The number of fused-ring (bicyclic) bond motifs is 1. The largest absolute Gasteiger partial charge is 0.469 e. The molecule has 0 aliphatic carbocycles. The van der Waals surface area contributed by atoms with Crippen LogP contribution in [0.15, 0.2) is 29.2 Å². The lowest BCUT2D eigenvalue weighted by molar-refractivity contribution is -0.154. The first kappa shape index (κ1) is 24.9. The Morgan fingerprint density at radius 2 is 2.03 bits per heavy atom. The van der Waals surface area contributed by atoms with Crippen LogP contribution >= 0.6 is 23.2 Å². The summed E-state index contributed by atoms with van der Waals surface area (Å²) in [7, 11) is 1.15. The predicted molar refractivity (Wildman–Crippen MR) is 123 cm³/mol. The van der Waals surface area contributed by atoms with Crippen molar-refractivity contribution in [2.24, 2.45) is 0 Å². The van der Waals surface area contributed by atoms with Gasteiger partial charge in [0.25, 0.3) is 0 Å². The number of methoxy groups -OCH3 is 1. The monoisotopic (exact) mass is 527 g/mol. The number of halogens is 3. The van der Waals surface area contributed by atoms with Crippen LogP contribution in [0.4, 0.5) is 10.3 Å². The van der Waals surface area contributed by atoms with E-state index in [0.29, 0.717) is 15.6 Å². The van der Waals surface area contributed by atoms with Gasteiger partial charge in [0.15, 0.2) is 24.2 Å². The van der Waals surface area contributed by atoms with Crippen LogP contribution in [0.25, 0.3) is 11.2 Å². The van der Waals surface area contributed by atoms with Crippen LogP contribution in [-0.4, -0.2) is 56.5 Å². The average molecular weight is 528 g/mol. The number of nitrogens with two attached hydrogens (primary N) is 1. The number of hydrogen-bond donors (Lipinski definition) is 1. The van der Waals surface area contributed by atoms with Crippen molar-refractivity contribution < 1.29 is 28.2 Å². The summed E-state index contributed by atoms with van der Waals surface area (Å²) in [4.78, 5) is 45.2. The number of carbonyl (C=O) groups is 2. The first-order chi connectivity index (χ1) is 16.6. The molecule has 0 unspecified atom stereocenters. The second-order valence-corrected chi connectivity index (χ2v) is 8.60. The summed E-state index contributed by atoms with van der Waals surface area (Å²) in [6.45, 7) is 1.12. The Hall–Kier alpha value is -3.22. The van der Waals surface area contributed by atoms with Gasteiger partial charge in [-0.25, -0.2) is 18.7 Å². The van der Waals surface area contributed by atoms with Gasteiger partial charge >= 0.3 is 17.6 Å². The third kappa shape index (κ3) is 4.81. The number of ether oxygens (including phenoxy) is 3. The van der Waals surface area contributed by atoms with Gasteiger partial charge in [-0.1, -0.05) is 29.3 Å². The minimum atomic E-state index is -1.93. The summed E-state index contributed by atoms with van der Waals surface area (Å²) in [6.07, 6.45) is -5.37. The van der Waals surface area contributed by atoms with Crippen molar-refractivity contribution in [3.63, 3.8) is 0 Å². The molecule has 0 bridgehead atoms. The molecule has 1 fully saturated rings. The van der Waals surface area contributed by atoms with Crippen LogP contribution in [0.3, 0.4) is 0 Å². The number of nitrogens with zero attached hydrogens (tertiary/aromatic N) is 4. The number of nitrogen functional groups attached to an aromatic ring is 1. The number of aromatic nitrogens is 4. The van der Waals surface area contributed by atoms with Crippen LogP contribution in [0, 0.1) is 0 Å². The summed E-state index contributed by atoms with van der Waals surface area (Å²) in [6, 6.07) is 4.86. The SMILES string of the molecule is COC(=O)C[C@H]1O[C@@H](n2c(=O)n(Cc3ccc(Cl)c(Cl)c3)c3cnc(N)nc32)[C@H](OC(C)=O)[C@@H]1F. The van der Waals surface area contributed by atoms with Gasteiger partial charge in [0, 0.05) is 6.92 Å². The van der Waals surface area contributed by atoms with Crippen LogP contribution in [-0.2, 0) is 30.3 Å². The van der Waals surface area contributed by atoms with E-state index < -0.39 is 48.7 Å². The Kier molecular flexibility index (Phi) is 6.97. The van der Waals surface area contributed by atoms with E-state index in [-0.39, 0.29) is 23.7 Å². The molecule has 4 atom stereocenters. The summed E-state index contributed by atoms with van der Waals surface area (Å²) >= 11 is 12.1. The molecule has 3 heterocycles. The zero-order valence-corrected chi connectivity index (χ0v) is 20.0. The van der Waals surface area contributed by atoms with Crippen LogP contribution < -0.4 is 11.4 Å². The number of alkyl halides is 1. The number of hydrogen-bond acceptors (Lipinski definition) is 9. The highest BCUT2D eigenvalue weighted by atomic mass is 35.5. The standard InChI is InChI=1S/C21H20Cl2FN5O6/c1-9(30)34-17-16(24)14(6-15(31)33-2)35-19(17)29-18-13(7-26-20(25)27-18)28(21(29)32)8-10-3-4-11(22)12(23)5-10/h3-5,7,14,16-17,19H,6,8H2,1-2H3,(H2,25,26,27)/t14-,16-,17-,19-/m1/s1. The minimum Gasteiger partial charge on any atom is -0.469 e. The fourth-order valence-corrected chi connectivity index (χ4v) is 4.23. The maximum absolute atomic E-state index is 15.3. The van der Waals surface area contributed by atoms with E-state index >= 15 is 4.39 Å². The molecule has 14 heteroatoms. The van der Waals surface area contributed by atoms with Gasteiger partial charge in [0.2, 0.25) is 5.95 Å². The van der Waals surface area contributed by atoms with Crippen molar-refractivity contribution in [3.05, 3.63) is 50.5 Å². The zero-order chi connectivity index (χ0) is 25.4. The van der Waals surface area contributed by atoms with Crippen LogP contribution in [0.2, 0.25) is 10.0 Å². The molecule has 3 aromatic rings. The third-order valence-corrected chi connectivity index (χ3v) is 6.20. The first-order valence-corrected chi connectivity index (χ1v) is 11.1. The molecule has 0 saturated carbocycles. The van der Waals surface area contributed by atoms with Crippen LogP contribution in [0.1, 0.15) is 25.1 Å². The second-order valence-electron chi connectivity index (χ2n) is 7.79. The Balaban J connectivity index is 1.84. The zero-order valence-electron chi connectivity index (χ0n) is 18.5. The Morgan fingerprint density at radius 3 is 2.69 bits per heavy atom. The molecule has 1 aliphatic rings. The number of benzene rings is 1. The Bertz CT molecular complexity index is 1360. The van der Waals surface area contributed by atoms with Crippen molar-refractivity contribution in [1.29, 1.82) is 0 Å². The van der Waals surface area contributed by atoms with Gasteiger partial charge in [-0.05, 0) is 17.7 Å². The lowest BCUT2D eigenvalue weighted by Gasteiger charge is -2.19. The van der Waals surface area contributed by atoms with Crippen molar-refractivity contribution in [2.45, 2.75) is 44.5 Å². The quantitative estimate of drug-likeness (QED) is 0.477. The van der Waals surface area contributed by atoms with E-state index in [1.54, 1.807) is 18.2 Å². The van der Waals surface area contributed by atoms with E-state index in [1.807, 2.05) is 0 Å². The fraction of sp³-hybridized carbons (Fsp3) is 0.381. The second kappa shape index (κ2) is 9.80. The fourth-order valence-electron chi connectivity index (χ4n) is 3.91. The number of anilines is 1. The van der Waals surface area contributed by atoms with E-state index in [1.165, 1.54) is 10.8 Å². The van der Waals surface area contributed by atoms with Crippen LogP contribution in [0.5, 0.6) is 0 Å². The highest BCUT2D eigenvalue weighted by Crippen LogP contribution is 2.36. The Labute approximate surface area is 207 Å². The molecule has 1 saturated heterocycles. The van der Waals surface area contributed by atoms with Crippen molar-refractivity contribution in [2.75, 3.05) is 12.8 Å². The maximum atomic E-state index is 15.3. The van der Waals surface area contributed by atoms with E-state index in [9.17, 15) is 14.4 Å². The molecule has 1 aliphatic heterocycles. The smallest absolute Gasteiger partial charge is 0.332 e. The number of rotatable bonds is 6. The topological polar surface area (TPSA) is 141 Å². The number of carbonyl (C=O) groups excluding carboxylic acids is 2. The number of imidazole rings is 1. The molecule has 11 nitrogen and oxygen atoms in total. The third-order valence-electron chi connectivity index (χ3n) is 5.47. The van der Waals surface area contributed by atoms with Crippen molar-refractivity contribution in [1.82, 2.24) is 19.1 Å². The maximum Gasteiger partial charge on any atom is 0.332 e. The summed E-state index contributed by atoms with van der Waals surface area (Å²) in [5.74, 6) is -1.68. The molecule has 2 aromatic heterocycles. The number of esters is 2. The summed E-state index contributed by atoms with van der Waals surface area (Å²) in [5.41, 5.74) is 6.00. The Morgan fingerprint density at radius 1 is 1.29 bits per heavy atom. The molecule has 35 heavy (non-hydrogen) atoms. The van der Waals surface area contributed by atoms with Gasteiger partial charge in [-0.15, -0.1) is 0 Å². The lowest BCUT2D eigenvalue weighted by atomic mass is 10.1. The first-order valence-electron chi connectivity index (χ1n) is 10.3. The molecule has 186 valence electrons. The highest BCUT2D eigenvalue weighted by molar-refractivity contribution is 6.42. The normalized spacial score (nSPS) is 21.9. The molecule has 0 amide bonds. The van der Waals surface area contributed by atoms with Gasteiger partial charge in [-0.2, -0.15) is 4.98 Å². The molecular formula is C21H20Cl2FN5O6. The molecule has 2 N–H and O–H groups in total. The van der Waals surface area contributed by atoms with E-state index in [0.717, 1.165) is 18.6 Å². The predicted octanol–water partition coefficient (Wildman–Crippen LogP) is 2.26. The molecule has 0 spiro atoms. The van der Waals surface area contributed by atoms with Gasteiger partial charge in [0.1, 0.15) is 11.6 Å². The van der Waals surface area contributed by atoms with E-state index in [4.69, 9.17) is 38.4 Å². The average Bonchev–Trinajstić information content (AvgIpc) is 3.23. The molecule has 1 aromatic carbocycles. The van der Waals surface area contributed by atoms with Gasteiger partial charge in [-0.3, -0.25) is 14.2 Å². The highest BCUT2D eigenvalue weighted by Gasteiger charge is 2.50. The molecular weight excluding hydrogens is 508 g/mol. The molecule has 4 rings (SSSR count). The summed E-state index contributed by atoms with van der Waals surface area (Å²) < 4.78 is 33.1. The van der Waals surface area contributed by atoms with Gasteiger partial charge in [0.05, 0.1) is 36.3 Å². The lowest BCUT2D eigenvalue weighted by Crippen LogP contribution is -2.37. The molecule has 0 radical (unpaired) electrons. The van der Waals surface area contributed by atoms with Gasteiger partial charge < -0.3 is 19.9 Å².